The van der Waals surface area contributed by atoms with E-state index < -0.39 is 0 Å². The molecule has 1 aliphatic heterocycles. The topological polar surface area (TPSA) is 56.9 Å². The maximum atomic E-state index is 11.9. The van der Waals surface area contributed by atoms with E-state index in [1.54, 1.807) is 0 Å². The fraction of sp³-hybridized carbons (Fsp3) is 0.357. The molecule has 0 aliphatic carbocycles. The van der Waals surface area contributed by atoms with Crippen molar-refractivity contribution in [1.82, 2.24) is 10.3 Å². The maximum absolute atomic E-state index is 11.9. The summed E-state index contributed by atoms with van der Waals surface area (Å²) >= 11 is 0. The lowest BCUT2D eigenvalue weighted by Crippen LogP contribution is -2.38. The lowest BCUT2D eigenvalue weighted by Gasteiger charge is -2.24. The summed E-state index contributed by atoms with van der Waals surface area (Å²) in [6.07, 6.45) is 2.32. The quantitative estimate of drug-likeness (QED) is 0.752. The van der Waals surface area contributed by atoms with Crippen LogP contribution in [0.2, 0.25) is 0 Å². The molecule has 0 amide bonds. The molecule has 1 aliphatic rings. The first-order valence-corrected chi connectivity index (χ1v) is 6.42. The second-order valence-electron chi connectivity index (χ2n) is 4.79. The van der Waals surface area contributed by atoms with E-state index in [0.717, 1.165) is 36.1 Å². The molecule has 0 radical (unpaired) electrons. The van der Waals surface area contributed by atoms with E-state index in [0.29, 0.717) is 6.04 Å². The lowest BCUT2D eigenvalue weighted by atomic mass is 10.1. The van der Waals surface area contributed by atoms with Gasteiger partial charge >= 0.3 is 0 Å². The molecule has 1 aromatic heterocycles. The summed E-state index contributed by atoms with van der Waals surface area (Å²) < 4.78 is 0. The number of benzene rings is 1. The van der Waals surface area contributed by atoms with Gasteiger partial charge in [-0.15, -0.1) is 0 Å². The first kappa shape index (κ1) is 11.3. The Morgan fingerprint density at radius 3 is 3.00 bits per heavy atom. The average molecular weight is 243 g/mol. The Labute approximate surface area is 105 Å². The highest BCUT2D eigenvalue weighted by Crippen LogP contribution is 2.15. The van der Waals surface area contributed by atoms with Gasteiger partial charge in [-0.2, -0.15) is 0 Å². The summed E-state index contributed by atoms with van der Waals surface area (Å²) in [5.74, 6) is 0.812. The van der Waals surface area contributed by atoms with Crippen molar-refractivity contribution in [1.29, 1.82) is 0 Å². The monoisotopic (exact) mass is 243 g/mol. The largest absolute Gasteiger partial charge is 0.368 e. The predicted octanol–water partition coefficient (Wildman–Crippen LogP) is 1.69. The Balaban J connectivity index is 1.90. The van der Waals surface area contributed by atoms with Crippen LogP contribution in [0.1, 0.15) is 12.8 Å². The Morgan fingerprint density at radius 2 is 2.17 bits per heavy atom. The van der Waals surface area contributed by atoms with Gasteiger partial charge in [0, 0.05) is 18.0 Å². The zero-order valence-electron chi connectivity index (χ0n) is 10.2. The van der Waals surface area contributed by atoms with Crippen molar-refractivity contribution in [2.45, 2.75) is 18.9 Å². The van der Waals surface area contributed by atoms with E-state index >= 15 is 0 Å². The molecule has 0 bridgehead atoms. The highest BCUT2D eigenvalue weighted by Gasteiger charge is 2.13. The zero-order valence-corrected chi connectivity index (χ0v) is 10.2. The van der Waals surface area contributed by atoms with Gasteiger partial charge in [0.15, 0.2) is 0 Å². The van der Waals surface area contributed by atoms with Crippen LogP contribution in [0.15, 0.2) is 35.1 Å². The predicted molar refractivity (Wildman–Crippen MR) is 74.1 cm³/mol. The van der Waals surface area contributed by atoms with Gasteiger partial charge < -0.3 is 15.6 Å². The summed E-state index contributed by atoms with van der Waals surface area (Å²) in [6, 6.07) is 10.1. The van der Waals surface area contributed by atoms with Crippen molar-refractivity contribution in [2.75, 3.05) is 18.4 Å². The molecule has 1 saturated heterocycles. The molecule has 4 nitrogen and oxygen atoms in total. The van der Waals surface area contributed by atoms with Crippen molar-refractivity contribution in [3.8, 4) is 0 Å². The van der Waals surface area contributed by atoms with E-state index in [1.807, 2.05) is 30.3 Å². The minimum atomic E-state index is -0.0284. The number of aromatic amines is 1. The number of pyridine rings is 1. The fourth-order valence-corrected chi connectivity index (χ4v) is 2.48. The number of fused-ring (bicyclic) bond motifs is 1. The minimum absolute atomic E-state index is 0.0284. The number of nitrogens with one attached hydrogen (secondary N) is 3. The lowest BCUT2D eigenvalue weighted by molar-refractivity contribution is 0.479. The van der Waals surface area contributed by atoms with E-state index in [9.17, 15) is 4.79 Å². The molecule has 1 fully saturated rings. The van der Waals surface area contributed by atoms with Crippen LogP contribution < -0.4 is 16.2 Å². The van der Waals surface area contributed by atoms with Crippen molar-refractivity contribution >= 4 is 16.6 Å². The number of hydrogen-bond donors (Lipinski definition) is 3. The SMILES string of the molecule is O=c1[nH]c(NC2CCCNC2)cc2ccccc12. The Hall–Kier alpha value is -1.81. The number of rotatable bonds is 2. The standard InChI is InChI=1S/C14H17N3O/c18-14-12-6-2-1-4-10(12)8-13(17-14)16-11-5-3-7-15-9-11/h1-2,4,6,8,11,15H,3,5,7,9H2,(H2,16,17,18). The molecule has 0 saturated carbocycles. The molecule has 3 rings (SSSR count). The molecule has 1 atom stereocenters. The highest BCUT2D eigenvalue weighted by molar-refractivity contribution is 5.83. The van der Waals surface area contributed by atoms with E-state index in [4.69, 9.17) is 0 Å². The summed E-state index contributed by atoms with van der Waals surface area (Å²) in [5, 5.41) is 8.47. The van der Waals surface area contributed by atoms with Gasteiger partial charge in [0.25, 0.3) is 5.56 Å². The molecule has 1 aromatic carbocycles. The van der Waals surface area contributed by atoms with Gasteiger partial charge in [0.2, 0.25) is 0 Å². The minimum Gasteiger partial charge on any atom is -0.368 e. The second kappa shape index (κ2) is 4.82. The van der Waals surface area contributed by atoms with E-state index in [-0.39, 0.29) is 5.56 Å². The summed E-state index contributed by atoms with van der Waals surface area (Å²) in [7, 11) is 0. The number of hydrogen-bond acceptors (Lipinski definition) is 3. The number of H-pyrrole nitrogens is 1. The smallest absolute Gasteiger partial charge is 0.257 e. The summed E-state index contributed by atoms with van der Waals surface area (Å²) in [6.45, 7) is 2.04. The van der Waals surface area contributed by atoms with Crippen LogP contribution in [0.5, 0.6) is 0 Å². The number of aromatic nitrogens is 1. The zero-order chi connectivity index (χ0) is 12.4. The van der Waals surface area contributed by atoms with Crippen LogP contribution >= 0.6 is 0 Å². The Bertz CT molecular complexity index is 599. The first-order valence-electron chi connectivity index (χ1n) is 6.42. The van der Waals surface area contributed by atoms with Crippen molar-refractivity contribution < 1.29 is 0 Å². The molecular weight excluding hydrogens is 226 g/mol. The third kappa shape index (κ3) is 2.24. The van der Waals surface area contributed by atoms with Crippen LogP contribution in [0.4, 0.5) is 5.82 Å². The van der Waals surface area contributed by atoms with Gasteiger partial charge in [0.05, 0.1) is 0 Å². The Morgan fingerprint density at radius 1 is 1.28 bits per heavy atom. The van der Waals surface area contributed by atoms with Gasteiger partial charge in [-0.25, -0.2) is 0 Å². The molecule has 94 valence electrons. The van der Waals surface area contributed by atoms with Crippen molar-refractivity contribution in [3.05, 3.63) is 40.7 Å². The Kier molecular flexibility index (Phi) is 3.02. The van der Waals surface area contributed by atoms with Gasteiger partial charge in [-0.1, -0.05) is 18.2 Å². The maximum Gasteiger partial charge on any atom is 0.257 e. The third-order valence-corrected chi connectivity index (χ3v) is 3.41. The molecule has 2 heterocycles. The molecule has 3 N–H and O–H groups in total. The first-order chi connectivity index (χ1) is 8.83. The van der Waals surface area contributed by atoms with Gasteiger partial charge in [-0.3, -0.25) is 4.79 Å². The number of piperidine rings is 1. The van der Waals surface area contributed by atoms with Crippen LogP contribution in [-0.4, -0.2) is 24.1 Å². The molecule has 2 aromatic rings. The van der Waals surface area contributed by atoms with Crippen LogP contribution in [0.25, 0.3) is 10.8 Å². The molecule has 0 spiro atoms. The number of anilines is 1. The molecular formula is C14H17N3O. The third-order valence-electron chi connectivity index (χ3n) is 3.41. The van der Waals surface area contributed by atoms with E-state index in [1.165, 1.54) is 6.42 Å². The second-order valence-corrected chi connectivity index (χ2v) is 4.79. The van der Waals surface area contributed by atoms with Crippen LogP contribution in [-0.2, 0) is 0 Å². The van der Waals surface area contributed by atoms with E-state index in [2.05, 4.69) is 15.6 Å². The molecule has 18 heavy (non-hydrogen) atoms. The van der Waals surface area contributed by atoms with Gasteiger partial charge in [0.1, 0.15) is 5.82 Å². The molecule has 1 unspecified atom stereocenters. The van der Waals surface area contributed by atoms with Crippen molar-refractivity contribution in [3.63, 3.8) is 0 Å². The highest BCUT2D eigenvalue weighted by atomic mass is 16.1. The van der Waals surface area contributed by atoms with Crippen molar-refractivity contribution in [2.24, 2.45) is 0 Å². The normalized spacial score (nSPS) is 19.9. The van der Waals surface area contributed by atoms with Gasteiger partial charge in [-0.05, 0) is 36.9 Å². The molecule has 4 heteroatoms. The van der Waals surface area contributed by atoms with Crippen LogP contribution in [0, 0.1) is 0 Å². The van der Waals surface area contributed by atoms with Crippen LogP contribution in [0.3, 0.4) is 0 Å². The summed E-state index contributed by atoms with van der Waals surface area (Å²) in [4.78, 5) is 14.8. The average Bonchev–Trinajstić information content (AvgIpc) is 2.40. The fourth-order valence-electron chi connectivity index (χ4n) is 2.48. The summed E-state index contributed by atoms with van der Waals surface area (Å²) in [5.41, 5.74) is -0.0284.